The highest BCUT2D eigenvalue weighted by Crippen LogP contribution is 2.47. The maximum atomic E-state index is 14.6. The Balaban J connectivity index is 1.17. The number of aromatic nitrogens is 2. The molecule has 0 radical (unpaired) electrons. The summed E-state index contributed by atoms with van der Waals surface area (Å²) >= 11 is 0. The third kappa shape index (κ3) is 8.07. The first kappa shape index (κ1) is 38.4. The number of carbonyl (C=O) groups is 3. The SMILES string of the molecule is COc1ccc2nc(C)c(O[C@@H]3C[C@H]4C(=O)N[C@]5(C(=O)NS(=O)(=O)C6(C)CC6)C[C@H]5/C=C\CCCCC[C@H](NC(O)OC5CCCC5)C(=O)N4C3)nc2c1. The number of methoxy groups -OCH3 is 1. The van der Waals surface area contributed by atoms with E-state index < -0.39 is 68.6 Å². The molecule has 294 valence electrons. The number of nitrogens with zero attached hydrogens (tertiary/aromatic N) is 3. The molecule has 4 N–H and O–H groups in total. The van der Waals surface area contributed by atoms with Gasteiger partial charge in [0.25, 0.3) is 5.91 Å². The molecule has 5 aliphatic rings. The van der Waals surface area contributed by atoms with E-state index in [9.17, 15) is 27.9 Å². The summed E-state index contributed by atoms with van der Waals surface area (Å²) < 4.78 is 45.2. The van der Waals surface area contributed by atoms with Gasteiger partial charge in [0.15, 0.2) is 0 Å². The lowest BCUT2D eigenvalue weighted by molar-refractivity contribution is -0.165. The van der Waals surface area contributed by atoms with E-state index in [2.05, 4.69) is 20.3 Å². The smallest absolute Gasteiger partial charge is 0.259 e. The van der Waals surface area contributed by atoms with Gasteiger partial charge in [-0.15, -0.1) is 0 Å². The van der Waals surface area contributed by atoms with Crippen molar-refractivity contribution in [3.05, 3.63) is 36.0 Å². The zero-order valence-electron chi connectivity index (χ0n) is 31.2. The zero-order valence-corrected chi connectivity index (χ0v) is 32.0. The van der Waals surface area contributed by atoms with Gasteiger partial charge in [0.1, 0.15) is 29.1 Å². The van der Waals surface area contributed by atoms with Crippen LogP contribution in [0.15, 0.2) is 30.4 Å². The van der Waals surface area contributed by atoms with Crippen molar-refractivity contribution in [2.45, 2.75) is 138 Å². The molecule has 16 heteroatoms. The average Bonchev–Trinajstić information content (AvgIpc) is 3.91. The number of rotatable bonds is 10. The molecule has 2 aromatic rings. The molecule has 1 aromatic heterocycles. The van der Waals surface area contributed by atoms with E-state index in [1.165, 1.54) is 4.90 Å². The molecule has 15 nitrogen and oxygen atoms in total. The number of sulfonamides is 1. The monoisotopic (exact) mass is 768 g/mol. The van der Waals surface area contributed by atoms with E-state index in [-0.39, 0.29) is 31.4 Å². The van der Waals surface area contributed by atoms with Gasteiger partial charge in [-0.1, -0.05) is 37.8 Å². The normalized spacial score (nSPS) is 30.0. The van der Waals surface area contributed by atoms with E-state index in [0.717, 1.165) is 44.9 Å². The number of allylic oxidation sites excluding steroid dienone is 1. The summed E-state index contributed by atoms with van der Waals surface area (Å²) in [5.41, 5.74) is 0.222. The van der Waals surface area contributed by atoms with Crippen LogP contribution in [-0.2, 0) is 29.1 Å². The van der Waals surface area contributed by atoms with Gasteiger partial charge in [-0.3, -0.25) is 24.4 Å². The highest BCUT2D eigenvalue weighted by molar-refractivity contribution is 7.91. The van der Waals surface area contributed by atoms with E-state index in [1.54, 1.807) is 39.2 Å². The lowest BCUT2D eigenvalue weighted by Gasteiger charge is -2.31. The standard InChI is InChI=1S/C38H52N6O9S/c1-23-33(40-30-19-26(51-3)15-16-28(30)39-23)52-27-20-31-32(45)42-38(35(47)43-54(49,50)37(2)17-18-37)21-24(38)11-7-5-4-6-8-14-29(34(46)44(31)22-27)41-36(48)53-25-12-9-10-13-25/h7,11,15-16,19,24-25,27,29,31,36,41,48H,4-6,8-10,12-14,17-18,20-22H2,1-3H3,(H,42,45)(H,43,47)/b11-7-/t24-,27-,29+,31+,36?,38-/m1/s1. The number of aryl methyl sites for hydroxylation is 1. The molecule has 3 amide bonds. The van der Waals surface area contributed by atoms with Gasteiger partial charge in [0.2, 0.25) is 34.1 Å². The largest absolute Gasteiger partial charge is 0.497 e. The van der Waals surface area contributed by atoms with Crippen LogP contribution in [0.5, 0.6) is 11.6 Å². The fourth-order valence-electron chi connectivity index (χ4n) is 7.89. The number of hydrogen-bond donors (Lipinski definition) is 4. The number of amides is 3. The number of aliphatic hydroxyl groups excluding tert-OH is 1. The molecule has 6 atom stereocenters. The Hall–Kier alpha value is -3.86. The predicted molar refractivity (Wildman–Crippen MR) is 198 cm³/mol. The molecule has 3 heterocycles. The number of carbonyl (C=O) groups excluding carboxylic acids is 3. The van der Waals surface area contributed by atoms with E-state index in [0.29, 0.717) is 48.2 Å². The van der Waals surface area contributed by atoms with Crippen LogP contribution >= 0.6 is 0 Å². The van der Waals surface area contributed by atoms with E-state index in [1.807, 2.05) is 12.2 Å². The minimum Gasteiger partial charge on any atom is -0.497 e. The number of hydrogen-bond acceptors (Lipinski definition) is 12. The summed E-state index contributed by atoms with van der Waals surface area (Å²) in [7, 11) is -2.42. The summed E-state index contributed by atoms with van der Waals surface area (Å²) in [6.07, 6.45) is 9.98. The Bertz CT molecular complexity index is 1900. The van der Waals surface area contributed by atoms with E-state index >= 15 is 0 Å². The van der Waals surface area contributed by atoms with Crippen molar-refractivity contribution in [3.63, 3.8) is 0 Å². The van der Waals surface area contributed by atoms with Crippen LogP contribution in [0.2, 0.25) is 0 Å². The van der Waals surface area contributed by atoms with Crippen LogP contribution < -0.4 is 24.8 Å². The second-order valence-electron chi connectivity index (χ2n) is 15.8. The van der Waals surface area contributed by atoms with Crippen LogP contribution in [0.1, 0.15) is 96.1 Å². The minimum atomic E-state index is -3.98. The third-order valence-electron chi connectivity index (χ3n) is 11.7. The van der Waals surface area contributed by atoms with Gasteiger partial charge in [-0.2, -0.15) is 0 Å². The van der Waals surface area contributed by atoms with Gasteiger partial charge >= 0.3 is 0 Å². The Labute approximate surface area is 316 Å². The molecule has 54 heavy (non-hydrogen) atoms. The maximum Gasteiger partial charge on any atom is 0.259 e. The van der Waals surface area contributed by atoms with Gasteiger partial charge in [-0.25, -0.2) is 18.4 Å². The highest BCUT2D eigenvalue weighted by Gasteiger charge is 2.63. The molecular weight excluding hydrogens is 717 g/mol. The number of ether oxygens (including phenoxy) is 3. The first-order valence-corrected chi connectivity index (χ1v) is 20.7. The quantitative estimate of drug-likeness (QED) is 0.204. The van der Waals surface area contributed by atoms with Crippen LogP contribution in [0, 0.1) is 12.8 Å². The average molecular weight is 769 g/mol. The Morgan fingerprint density at radius 1 is 1.06 bits per heavy atom. The molecule has 0 spiro atoms. The van der Waals surface area contributed by atoms with Gasteiger partial charge < -0.3 is 29.5 Å². The molecule has 4 fully saturated rings. The molecular formula is C38H52N6O9S. The number of benzene rings is 1. The molecule has 3 aliphatic carbocycles. The highest BCUT2D eigenvalue weighted by atomic mass is 32.2. The Morgan fingerprint density at radius 3 is 2.56 bits per heavy atom. The van der Waals surface area contributed by atoms with Crippen molar-refractivity contribution in [2.75, 3.05) is 13.7 Å². The molecule has 2 aliphatic heterocycles. The fraction of sp³-hybridized carbons (Fsp3) is 0.658. The molecule has 1 unspecified atom stereocenters. The van der Waals surface area contributed by atoms with Gasteiger partial charge in [0, 0.05) is 18.4 Å². The lowest BCUT2D eigenvalue weighted by atomic mass is 10.0. The molecule has 1 aromatic carbocycles. The van der Waals surface area contributed by atoms with Crippen molar-refractivity contribution in [3.8, 4) is 11.6 Å². The molecule has 0 bridgehead atoms. The van der Waals surface area contributed by atoms with E-state index in [4.69, 9.17) is 19.2 Å². The topological polar surface area (TPSA) is 198 Å². The molecule has 7 rings (SSSR count). The summed E-state index contributed by atoms with van der Waals surface area (Å²) in [6.45, 7) is 3.38. The minimum absolute atomic E-state index is 0.0151. The van der Waals surface area contributed by atoms with Crippen LogP contribution in [0.3, 0.4) is 0 Å². The zero-order chi connectivity index (χ0) is 38.3. The second-order valence-corrected chi connectivity index (χ2v) is 18.0. The van der Waals surface area contributed by atoms with Gasteiger partial charge in [-0.05, 0) is 77.3 Å². The lowest BCUT2D eigenvalue weighted by Crippen LogP contribution is -2.59. The maximum absolute atomic E-state index is 14.6. The number of aliphatic hydroxyl groups is 1. The van der Waals surface area contributed by atoms with Crippen molar-refractivity contribution >= 4 is 38.8 Å². The van der Waals surface area contributed by atoms with Crippen LogP contribution in [0.25, 0.3) is 11.0 Å². The third-order valence-corrected chi connectivity index (χ3v) is 13.9. The molecule has 3 saturated carbocycles. The van der Waals surface area contributed by atoms with Crippen molar-refractivity contribution in [1.82, 2.24) is 30.2 Å². The predicted octanol–water partition coefficient (Wildman–Crippen LogP) is 2.88. The fourth-order valence-corrected chi connectivity index (χ4v) is 9.20. The number of fused-ring (bicyclic) bond motifs is 3. The molecule has 1 saturated heterocycles. The van der Waals surface area contributed by atoms with Crippen LogP contribution in [-0.4, -0.2) is 101 Å². The number of nitrogens with one attached hydrogen (secondary N) is 3. The first-order valence-electron chi connectivity index (χ1n) is 19.3. The summed E-state index contributed by atoms with van der Waals surface area (Å²) in [4.78, 5) is 53.6. The van der Waals surface area contributed by atoms with Crippen molar-refractivity contribution in [2.24, 2.45) is 5.92 Å². The summed E-state index contributed by atoms with van der Waals surface area (Å²) in [5.74, 6) is -1.37. The van der Waals surface area contributed by atoms with Gasteiger partial charge in [0.05, 0.1) is 41.6 Å². The Kier molecular flexibility index (Phi) is 10.9. The summed E-state index contributed by atoms with van der Waals surface area (Å²) in [5, 5.41) is 16.8. The second kappa shape index (κ2) is 15.3. The first-order chi connectivity index (χ1) is 25.8. The van der Waals surface area contributed by atoms with Crippen molar-refractivity contribution in [1.29, 1.82) is 0 Å². The van der Waals surface area contributed by atoms with Crippen LogP contribution in [0.4, 0.5) is 0 Å². The van der Waals surface area contributed by atoms with Crippen molar-refractivity contribution < 1.29 is 42.1 Å². The summed E-state index contributed by atoms with van der Waals surface area (Å²) in [6, 6.07) is 3.38. The Morgan fingerprint density at radius 2 is 1.81 bits per heavy atom.